The van der Waals surface area contributed by atoms with Crippen LogP contribution in [0.15, 0.2) is 50.6 Å². The minimum Gasteiger partial charge on any atom is -0.472 e. The smallest absolute Gasteiger partial charge is 0.244 e. The number of hydrogen-bond acceptors (Lipinski definition) is 4. The summed E-state index contributed by atoms with van der Waals surface area (Å²) in [5.74, 6) is 0. The number of benzene rings is 1. The van der Waals surface area contributed by atoms with Crippen LogP contribution in [-0.2, 0) is 23.2 Å². The van der Waals surface area contributed by atoms with Crippen molar-refractivity contribution in [2.75, 3.05) is 7.05 Å². The molecule has 0 radical (unpaired) electrons. The summed E-state index contributed by atoms with van der Waals surface area (Å²) in [6.07, 6.45) is 3.00. The van der Waals surface area contributed by atoms with E-state index in [0.717, 1.165) is 5.56 Å². The summed E-state index contributed by atoms with van der Waals surface area (Å²) in [7, 11) is -2.14. The van der Waals surface area contributed by atoms with Crippen LogP contribution in [0.4, 0.5) is 0 Å². The third-order valence-corrected chi connectivity index (χ3v) is 5.65. The van der Waals surface area contributed by atoms with E-state index in [1.807, 2.05) is 0 Å². The van der Waals surface area contributed by atoms with E-state index in [1.165, 1.54) is 29.9 Å². The molecule has 0 amide bonds. The zero-order valence-corrected chi connectivity index (χ0v) is 13.2. The van der Waals surface area contributed by atoms with Gasteiger partial charge < -0.3 is 9.52 Å². The van der Waals surface area contributed by atoms with Crippen LogP contribution in [-0.4, -0.2) is 24.9 Å². The molecule has 2 aromatic rings. The van der Waals surface area contributed by atoms with Crippen molar-refractivity contribution in [1.82, 2.24) is 4.31 Å². The SMILES string of the molecule is CN(Cc1ccoc1)S(=O)(=O)c1cc(CO)ccc1Br. The van der Waals surface area contributed by atoms with Crippen LogP contribution in [0.25, 0.3) is 0 Å². The number of aliphatic hydroxyl groups excluding tert-OH is 1. The van der Waals surface area contributed by atoms with Crippen molar-refractivity contribution in [3.63, 3.8) is 0 Å². The third-order valence-electron chi connectivity index (χ3n) is 2.85. The number of nitrogens with zero attached hydrogens (tertiary/aromatic N) is 1. The van der Waals surface area contributed by atoms with Gasteiger partial charge >= 0.3 is 0 Å². The van der Waals surface area contributed by atoms with Crippen molar-refractivity contribution in [2.45, 2.75) is 18.0 Å². The highest BCUT2D eigenvalue weighted by atomic mass is 79.9. The normalized spacial score (nSPS) is 12.0. The number of furan rings is 1. The second kappa shape index (κ2) is 6.09. The van der Waals surface area contributed by atoms with Gasteiger partial charge in [-0.1, -0.05) is 6.07 Å². The second-order valence-corrected chi connectivity index (χ2v) is 7.18. The predicted octanol–water partition coefficient (Wildman–Crippen LogP) is 2.36. The Balaban J connectivity index is 2.34. The molecule has 20 heavy (non-hydrogen) atoms. The van der Waals surface area contributed by atoms with Crippen LogP contribution in [0.3, 0.4) is 0 Å². The summed E-state index contributed by atoms with van der Waals surface area (Å²) in [4.78, 5) is 0.134. The van der Waals surface area contributed by atoms with Crippen molar-refractivity contribution in [2.24, 2.45) is 0 Å². The van der Waals surface area contributed by atoms with Gasteiger partial charge in [-0.3, -0.25) is 0 Å². The first-order chi connectivity index (χ1) is 9.45. The Morgan fingerprint density at radius 2 is 2.05 bits per heavy atom. The van der Waals surface area contributed by atoms with Crippen molar-refractivity contribution in [1.29, 1.82) is 0 Å². The minimum atomic E-state index is -3.64. The van der Waals surface area contributed by atoms with Crippen molar-refractivity contribution in [3.8, 4) is 0 Å². The molecule has 1 heterocycles. The summed E-state index contributed by atoms with van der Waals surface area (Å²) < 4.78 is 31.7. The summed E-state index contributed by atoms with van der Waals surface area (Å²) in [6.45, 7) is 0.00979. The fourth-order valence-electron chi connectivity index (χ4n) is 1.74. The Hall–Kier alpha value is -1.15. The summed E-state index contributed by atoms with van der Waals surface area (Å²) >= 11 is 3.24. The molecule has 2 rings (SSSR count). The maximum Gasteiger partial charge on any atom is 0.244 e. The van der Waals surface area contributed by atoms with Gasteiger partial charge in [-0.2, -0.15) is 4.31 Å². The molecular weight excluding hydrogens is 346 g/mol. The van der Waals surface area contributed by atoms with Crippen molar-refractivity contribution < 1.29 is 17.9 Å². The van der Waals surface area contributed by atoms with Crippen LogP contribution in [0.5, 0.6) is 0 Å². The van der Waals surface area contributed by atoms with E-state index in [0.29, 0.717) is 10.0 Å². The van der Waals surface area contributed by atoms with Crippen LogP contribution < -0.4 is 0 Å². The minimum absolute atomic E-state index is 0.134. The summed E-state index contributed by atoms with van der Waals surface area (Å²) in [6, 6.07) is 6.46. The summed E-state index contributed by atoms with van der Waals surface area (Å²) in [5, 5.41) is 9.13. The Morgan fingerprint density at radius 1 is 1.30 bits per heavy atom. The highest BCUT2D eigenvalue weighted by Crippen LogP contribution is 2.26. The monoisotopic (exact) mass is 359 g/mol. The van der Waals surface area contributed by atoms with Gasteiger partial charge in [-0.15, -0.1) is 0 Å². The lowest BCUT2D eigenvalue weighted by molar-refractivity contribution is 0.281. The lowest BCUT2D eigenvalue weighted by Crippen LogP contribution is -2.26. The number of halogens is 1. The third kappa shape index (κ3) is 3.12. The fourth-order valence-corrected chi connectivity index (χ4v) is 3.87. The molecule has 0 bridgehead atoms. The molecule has 108 valence electrons. The van der Waals surface area contributed by atoms with E-state index in [2.05, 4.69) is 15.9 Å². The van der Waals surface area contributed by atoms with Crippen molar-refractivity contribution >= 4 is 26.0 Å². The largest absolute Gasteiger partial charge is 0.472 e. The molecule has 5 nitrogen and oxygen atoms in total. The van der Waals surface area contributed by atoms with Crippen LogP contribution >= 0.6 is 15.9 Å². The van der Waals surface area contributed by atoms with Crippen LogP contribution in [0.2, 0.25) is 0 Å². The lowest BCUT2D eigenvalue weighted by Gasteiger charge is -2.17. The molecule has 0 saturated heterocycles. The Morgan fingerprint density at radius 3 is 2.65 bits per heavy atom. The molecule has 0 aliphatic rings. The first kappa shape index (κ1) is 15.2. The van der Waals surface area contributed by atoms with E-state index in [-0.39, 0.29) is 18.0 Å². The van der Waals surface area contributed by atoms with E-state index in [9.17, 15) is 8.42 Å². The molecule has 0 aliphatic carbocycles. The molecule has 0 fully saturated rings. The predicted molar refractivity (Wildman–Crippen MR) is 77.4 cm³/mol. The standard InChI is InChI=1S/C13H14BrNO4S/c1-15(7-11-4-5-19-9-11)20(17,18)13-6-10(8-16)2-3-12(13)14/h2-6,9,16H,7-8H2,1H3. The zero-order valence-electron chi connectivity index (χ0n) is 10.8. The fraction of sp³-hybridized carbons (Fsp3) is 0.231. The Kier molecular flexibility index (Phi) is 4.64. The molecular formula is C13H14BrNO4S. The molecule has 1 aromatic heterocycles. The van der Waals surface area contributed by atoms with Gasteiger partial charge in [-0.25, -0.2) is 8.42 Å². The van der Waals surface area contributed by atoms with Gasteiger partial charge in [0.1, 0.15) is 0 Å². The zero-order chi connectivity index (χ0) is 14.8. The molecule has 0 spiro atoms. The topological polar surface area (TPSA) is 70.8 Å². The average molecular weight is 360 g/mol. The Bertz CT molecular complexity index is 682. The molecule has 0 unspecified atom stereocenters. The van der Waals surface area contributed by atoms with Gasteiger partial charge in [0, 0.05) is 23.6 Å². The number of hydrogen-bond donors (Lipinski definition) is 1. The van der Waals surface area contributed by atoms with E-state index in [1.54, 1.807) is 18.2 Å². The highest BCUT2D eigenvalue weighted by Gasteiger charge is 2.24. The molecule has 0 aliphatic heterocycles. The first-order valence-corrected chi connectivity index (χ1v) is 8.05. The average Bonchev–Trinajstić information content (AvgIpc) is 2.92. The molecule has 1 N–H and O–H groups in total. The maximum absolute atomic E-state index is 12.5. The second-order valence-electron chi connectivity index (χ2n) is 4.32. The van der Waals surface area contributed by atoms with Gasteiger partial charge in [0.25, 0.3) is 0 Å². The van der Waals surface area contributed by atoms with Crippen molar-refractivity contribution in [3.05, 3.63) is 52.4 Å². The van der Waals surface area contributed by atoms with Gasteiger partial charge in [0.05, 0.1) is 24.0 Å². The number of aliphatic hydroxyl groups is 1. The quantitative estimate of drug-likeness (QED) is 0.889. The molecule has 1 aromatic carbocycles. The van der Waals surface area contributed by atoms with Crippen LogP contribution in [0, 0.1) is 0 Å². The molecule has 0 saturated carbocycles. The summed E-state index contributed by atoms with van der Waals surface area (Å²) in [5.41, 5.74) is 1.31. The van der Waals surface area contributed by atoms with Gasteiger partial charge in [-0.05, 0) is 39.7 Å². The van der Waals surface area contributed by atoms with Crippen LogP contribution in [0.1, 0.15) is 11.1 Å². The van der Waals surface area contributed by atoms with Gasteiger partial charge in [0.15, 0.2) is 0 Å². The number of sulfonamides is 1. The van der Waals surface area contributed by atoms with E-state index >= 15 is 0 Å². The maximum atomic E-state index is 12.5. The molecule has 7 heteroatoms. The lowest BCUT2D eigenvalue weighted by atomic mass is 10.2. The number of rotatable bonds is 5. The molecule has 0 atom stereocenters. The van der Waals surface area contributed by atoms with E-state index < -0.39 is 10.0 Å². The highest BCUT2D eigenvalue weighted by molar-refractivity contribution is 9.10. The Labute approximate surface area is 126 Å². The first-order valence-electron chi connectivity index (χ1n) is 5.82. The van der Waals surface area contributed by atoms with Gasteiger partial charge in [0.2, 0.25) is 10.0 Å². The van der Waals surface area contributed by atoms with E-state index in [4.69, 9.17) is 9.52 Å².